The van der Waals surface area contributed by atoms with Crippen molar-refractivity contribution in [3.63, 3.8) is 0 Å². The Morgan fingerprint density at radius 3 is 2.51 bits per heavy atom. The zero-order valence-corrected chi connectivity index (χ0v) is 27.3. The van der Waals surface area contributed by atoms with Gasteiger partial charge in [-0.3, -0.25) is 19.2 Å². The van der Waals surface area contributed by atoms with Crippen LogP contribution in [0.2, 0.25) is 10.0 Å². The molecule has 0 aliphatic carbocycles. The molecule has 0 radical (unpaired) electrons. The van der Waals surface area contributed by atoms with Crippen LogP contribution < -0.4 is 16.0 Å². The van der Waals surface area contributed by atoms with E-state index in [0.717, 1.165) is 0 Å². The van der Waals surface area contributed by atoms with E-state index in [1.165, 1.54) is 29.2 Å². The molecule has 45 heavy (non-hydrogen) atoms. The van der Waals surface area contributed by atoms with Crippen molar-refractivity contribution in [1.29, 1.82) is 0 Å². The van der Waals surface area contributed by atoms with Crippen LogP contribution in [-0.4, -0.2) is 40.5 Å². The molecule has 232 valence electrons. The monoisotopic (exact) mass is 682 g/mol. The molecular formula is C32H28Cl2N4O5S2. The molecule has 1 aromatic heterocycles. The number of rotatable bonds is 12. The summed E-state index contributed by atoms with van der Waals surface area (Å²) in [6.07, 6.45) is 1.48. The van der Waals surface area contributed by atoms with E-state index in [-0.39, 0.29) is 35.6 Å². The van der Waals surface area contributed by atoms with E-state index in [2.05, 4.69) is 20.9 Å². The Morgan fingerprint density at radius 1 is 1.00 bits per heavy atom. The Kier molecular flexibility index (Phi) is 12.2. The standard InChI is InChI=1S/C32H28Cl2N4O5S2/c1-3-43-27(39)17-23-18-44-32(36-23)38-29(40)19(2)45-24-13-8-12-22(16-24)35-31(42)26(15-21-11-7-14-25(33)28(21)34)37-30(41)20-9-5-4-6-10-20/h4-16,18-19H,3,17H2,1-2H3,(H,35,42)(H,37,41)(H,36,38,40)/b26-15+. The quantitative estimate of drug-likeness (QED) is 0.0828. The molecule has 13 heteroatoms. The summed E-state index contributed by atoms with van der Waals surface area (Å²) in [4.78, 5) is 55.9. The molecule has 4 rings (SSSR count). The van der Waals surface area contributed by atoms with Crippen molar-refractivity contribution in [2.45, 2.75) is 30.4 Å². The van der Waals surface area contributed by atoms with Gasteiger partial charge in [-0.2, -0.15) is 0 Å². The number of carbonyl (C=O) groups excluding carboxylic acids is 4. The van der Waals surface area contributed by atoms with Crippen molar-refractivity contribution in [2.75, 3.05) is 17.2 Å². The number of thiazole rings is 1. The fraction of sp³-hybridized carbons (Fsp3) is 0.156. The van der Waals surface area contributed by atoms with Crippen molar-refractivity contribution >= 4 is 86.9 Å². The van der Waals surface area contributed by atoms with Crippen LogP contribution in [0.25, 0.3) is 6.08 Å². The number of anilines is 2. The fourth-order valence-electron chi connectivity index (χ4n) is 3.85. The second-order valence-corrected chi connectivity index (χ2v) is 12.4. The molecule has 0 saturated heterocycles. The number of hydrogen-bond donors (Lipinski definition) is 3. The highest BCUT2D eigenvalue weighted by Gasteiger charge is 2.19. The first kappa shape index (κ1) is 33.7. The maximum Gasteiger partial charge on any atom is 0.311 e. The molecule has 3 amide bonds. The second kappa shape index (κ2) is 16.2. The zero-order valence-electron chi connectivity index (χ0n) is 24.1. The van der Waals surface area contributed by atoms with Gasteiger partial charge in [-0.15, -0.1) is 23.1 Å². The lowest BCUT2D eigenvalue weighted by Gasteiger charge is -2.14. The number of nitrogens with zero attached hydrogens (tertiary/aromatic N) is 1. The number of esters is 1. The van der Waals surface area contributed by atoms with Crippen LogP contribution in [0.4, 0.5) is 10.8 Å². The minimum Gasteiger partial charge on any atom is -0.466 e. The van der Waals surface area contributed by atoms with Gasteiger partial charge in [0.1, 0.15) is 5.70 Å². The number of hydrogen-bond acceptors (Lipinski definition) is 8. The van der Waals surface area contributed by atoms with Crippen LogP contribution in [0.5, 0.6) is 0 Å². The van der Waals surface area contributed by atoms with Crippen LogP contribution in [0, 0.1) is 0 Å². The van der Waals surface area contributed by atoms with Gasteiger partial charge in [-0.05, 0) is 61.9 Å². The molecule has 3 aromatic carbocycles. The summed E-state index contributed by atoms with van der Waals surface area (Å²) >= 11 is 15.0. The van der Waals surface area contributed by atoms with E-state index in [1.54, 1.807) is 86.0 Å². The van der Waals surface area contributed by atoms with E-state index >= 15 is 0 Å². The maximum atomic E-state index is 13.5. The van der Waals surface area contributed by atoms with E-state index < -0.39 is 17.1 Å². The van der Waals surface area contributed by atoms with Gasteiger partial charge >= 0.3 is 5.97 Å². The normalized spacial score (nSPS) is 11.8. The molecule has 0 fully saturated rings. The van der Waals surface area contributed by atoms with E-state index in [0.29, 0.717) is 37.6 Å². The van der Waals surface area contributed by atoms with E-state index in [9.17, 15) is 19.2 Å². The van der Waals surface area contributed by atoms with E-state index in [4.69, 9.17) is 27.9 Å². The second-order valence-electron chi connectivity index (χ2n) is 9.38. The molecule has 4 aromatic rings. The number of amides is 3. The van der Waals surface area contributed by atoms with Gasteiger partial charge in [0.15, 0.2) is 5.13 Å². The predicted octanol–water partition coefficient (Wildman–Crippen LogP) is 7.08. The van der Waals surface area contributed by atoms with Crippen LogP contribution in [0.1, 0.15) is 35.5 Å². The summed E-state index contributed by atoms with van der Waals surface area (Å²) in [5, 5.41) is 10.3. The van der Waals surface area contributed by atoms with Crippen molar-refractivity contribution < 1.29 is 23.9 Å². The van der Waals surface area contributed by atoms with Crippen LogP contribution in [-0.2, 0) is 25.5 Å². The fourth-order valence-corrected chi connectivity index (χ4v) is 5.85. The van der Waals surface area contributed by atoms with Gasteiger partial charge in [0.25, 0.3) is 11.8 Å². The highest BCUT2D eigenvalue weighted by molar-refractivity contribution is 8.00. The van der Waals surface area contributed by atoms with Gasteiger partial charge in [-0.25, -0.2) is 4.98 Å². The lowest BCUT2D eigenvalue weighted by molar-refractivity contribution is -0.142. The number of nitrogens with one attached hydrogen (secondary N) is 3. The molecule has 0 aliphatic heterocycles. The summed E-state index contributed by atoms with van der Waals surface area (Å²) in [6, 6.07) is 20.4. The highest BCUT2D eigenvalue weighted by Crippen LogP contribution is 2.29. The summed E-state index contributed by atoms with van der Waals surface area (Å²) in [5.41, 5.74) is 1.72. The molecule has 1 heterocycles. The average Bonchev–Trinajstić information content (AvgIpc) is 3.45. The number of aromatic nitrogens is 1. The molecule has 9 nitrogen and oxygen atoms in total. The SMILES string of the molecule is CCOC(=O)Cc1csc(NC(=O)C(C)Sc2cccc(NC(=O)/C(=C\c3cccc(Cl)c3Cl)NC(=O)c3ccccc3)c2)n1. The summed E-state index contributed by atoms with van der Waals surface area (Å²) < 4.78 is 4.94. The molecule has 0 bridgehead atoms. The Balaban J connectivity index is 1.44. The van der Waals surface area contributed by atoms with Gasteiger partial charge in [-0.1, -0.05) is 59.6 Å². The number of carbonyl (C=O) groups is 4. The number of thioether (sulfide) groups is 1. The van der Waals surface area contributed by atoms with Gasteiger partial charge in [0.05, 0.1) is 34.0 Å². The first-order valence-corrected chi connectivity index (χ1v) is 16.2. The first-order valence-electron chi connectivity index (χ1n) is 13.6. The Hall–Kier alpha value is -4.16. The zero-order chi connectivity index (χ0) is 32.3. The van der Waals surface area contributed by atoms with Crippen LogP contribution in [0.3, 0.4) is 0 Å². The summed E-state index contributed by atoms with van der Waals surface area (Å²) in [5.74, 6) is -1.73. The smallest absolute Gasteiger partial charge is 0.311 e. The minimum atomic E-state index is -0.592. The third kappa shape index (κ3) is 9.92. The third-order valence-electron chi connectivity index (χ3n) is 6.00. The third-order valence-corrected chi connectivity index (χ3v) is 8.73. The topological polar surface area (TPSA) is 126 Å². The lowest BCUT2D eigenvalue weighted by atomic mass is 10.1. The summed E-state index contributed by atoms with van der Waals surface area (Å²) in [7, 11) is 0. The van der Waals surface area contributed by atoms with Gasteiger partial charge < -0.3 is 20.7 Å². The largest absolute Gasteiger partial charge is 0.466 e. The van der Waals surface area contributed by atoms with Crippen molar-refractivity contribution in [2.24, 2.45) is 0 Å². The Morgan fingerprint density at radius 2 is 1.76 bits per heavy atom. The van der Waals surface area contributed by atoms with Crippen molar-refractivity contribution in [1.82, 2.24) is 10.3 Å². The van der Waals surface area contributed by atoms with Gasteiger partial charge in [0, 0.05) is 21.5 Å². The van der Waals surface area contributed by atoms with Crippen molar-refractivity contribution in [3.05, 3.63) is 111 Å². The summed E-state index contributed by atoms with van der Waals surface area (Å²) in [6.45, 7) is 3.76. The van der Waals surface area contributed by atoms with Gasteiger partial charge in [0.2, 0.25) is 5.91 Å². The van der Waals surface area contributed by atoms with Crippen LogP contribution in [0.15, 0.2) is 88.8 Å². The number of halogens is 2. The maximum absolute atomic E-state index is 13.5. The lowest BCUT2D eigenvalue weighted by Crippen LogP contribution is -2.30. The van der Waals surface area contributed by atoms with Crippen molar-refractivity contribution in [3.8, 4) is 0 Å². The first-order chi connectivity index (χ1) is 21.6. The molecule has 0 saturated carbocycles. The van der Waals surface area contributed by atoms with E-state index in [1.807, 2.05) is 6.07 Å². The molecule has 1 unspecified atom stereocenters. The Bertz CT molecular complexity index is 1730. The average molecular weight is 684 g/mol. The molecule has 0 aliphatic rings. The van der Waals surface area contributed by atoms with Crippen LogP contribution >= 0.6 is 46.3 Å². The highest BCUT2D eigenvalue weighted by atomic mass is 35.5. The Labute approximate surface area is 278 Å². The molecule has 3 N–H and O–H groups in total. The molecule has 0 spiro atoms. The molecule has 1 atom stereocenters. The number of benzene rings is 3. The minimum absolute atomic E-state index is 0.0298. The molecular weight excluding hydrogens is 655 g/mol. The number of ether oxygens (including phenoxy) is 1. The predicted molar refractivity (Wildman–Crippen MR) is 180 cm³/mol.